The Balaban J connectivity index is 0.00000280. The van der Waals surface area contributed by atoms with Gasteiger partial charge < -0.3 is 15.7 Å². The smallest absolute Gasteiger partial charge is 0.191 e. The lowest BCUT2D eigenvalue weighted by molar-refractivity contribution is 0.184. The molecule has 1 unspecified atom stereocenters. The zero-order valence-electron chi connectivity index (χ0n) is 15.3. The van der Waals surface area contributed by atoms with Gasteiger partial charge in [0.15, 0.2) is 5.96 Å². The molecule has 3 N–H and O–H groups in total. The second kappa shape index (κ2) is 10.7. The minimum atomic E-state index is -0.657. The van der Waals surface area contributed by atoms with Crippen molar-refractivity contribution < 1.29 is 13.9 Å². The Bertz CT molecular complexity index is 915. The number of aliphatic hydroxyl groups excluding tert-OH is 1. The summed E-state index contributed by atoms with van der Waals surface area (Å²) in [5, 5.41) is 17.7. The van der Waals surface area contributed by atoms with Crippen LogP contribution in [0.25, 0.3) is 10.1 Å². The van der Waals surface area contributed by atoms with Gasteiger partial charge in [-0.3, -0.25) is 4.99 Å². The third-order valence-electron chi connectivity index (χ3n) is 4.16. The predicted molar refractivity (Wildman–Crippen MR) is 122 cm³/mol. The van der Waals surface area contributed by atoms with Crippen molar-refractivity contribution in [2.45, 2.75) is 12.5 Å². The van der Waals surface area contributed by atoms with E-state index in [4.69, 9.17) is 0 Å². The molecule has 0 radical (unpaired) electrons. The highest BCUT2D eigenvalue weighted by molar-refractivity contribution is 14.0. The minimum Gasteiger partial charge on any atom is -0.386 e. The zero-order valence-corrected chi connectivity index (χ0v) is 18.4. The van der Waals surface area contributed by atoms with Gasteiger partial charge in [-0.05, 0) is 35.6 Å². The number of fused-ring (bicyclic) bond motifs is 1. The van der Waals surface area contributed by atoms with E-state index in [1.54, 1.807) is 18.4 Å². The summed E-state index contributed by atoms with van der Waals surface area (Å²) >= 11 is 1.56. The first-order valence-electron chi connectivity index (χ1n) is 8.62. The van der Waals surface area contributed by atoms with Crippen LogP contribution < -0.4 is 10.6 Å². The summed E-state index contributed by atoms with van der Waals surface area (Å²) in [7, 11) is 1.62. The lowest BCUT2D eigenvalue weighted by Gasteiger charge is -2.14. The monoisotopic (exact) mass is 517 g/mol. The first kappa shape index (κ1) is 22.5. The largest absolute Gasteiger partial charge is 0.386 e. The molecule has 1 aromatic heterocycles. The van der Waals surface area contributed by atoms with Crippen LogP contribution in [0.1, 0.15) is 16.5 Å². The molecule has 0 bridgehead atoms. The highest BCUT2D eigenvalue weighted by Gasteiger charge is 2.12. The van der Waals surface area contributed by atoms with Gasteiger partial charge in [0, 0.05) is 35.8 Å². The van der Waals surface area contributed by atoms with E-state index >= 15 is 0 Å². The molecule has 0 amide bonds. The van der Waals surface area contributed by atoms with Gasteiger partial charge in [-0.15, -0.1) is 35.3 Å². The fraction of sp³-hybridized carbons (Fsp3) is 0.250. The molecule has 2 aromatic carbocycles. The molecule has 3 aromatic rings. The summed E-state index contributed by atoms with van der Waals surface area (Å²) in [5.41, 5.74) is 0.435. The van der Waals surface area contributed by atoms with Gasteiger partial charge in [0.25, 0.3) is 0 Å². The predicted octanol–water partition coefficient (Wildman–Crippen LogP) is 4.24. The summed E-state index contributed by atoms with van der Waals surface area (Å²) in [6, 6.07) is 13.5. The second-order valence-corrected chi connectivity index (χ2v) is 7.18. The summed E-state index contributed by atoms with van der Waals surface area (Å²) in [6.45, 7) is 0.735. The highest BCUT2D eigenvalue weighted by atomic mass is 127. The SMILES string of the molecule is CN=C(NCCc1ccc(F)cc1F)NCC(O)c1cc2ccccc2s1.I. The van der Waals surface area contributed by atoms with E-state index in [0.717, 1.165) is 21.0 Å². The standard InChI is InChI=1S/C20H21F2N3OS.HI/c1-23-20(24-9-8-13-6-7-15(21)11-16(13)22)25-12-17(26)19-10-14-4-2-3-5-18(14)27-19;/h2-7,10-11,17,26H,8-9,12H2,1H3,(H2,23,24,25);1H. The summed E-state index contributed by atoms with van der Waals surface area (Å²) in [5.74, 6) is -0.630. The molecule has 1 heterocycles. The molecule has 3 rings (SSSR count). The van der Waals surface area contributed by atoms with Gasteiger partial charge in [0.05, 0.1) is 0 Å². The Labute approximate surface area is 183 Å². The lowest BCUT2D eigenvalue weighted by atomic mass is 10.1. The van der Waals surface area contributed by atoms with Crippen molar-refractivity contribution in [3.8, 4) is 0 Å². The molecule has 1 atom stereocenters. The van der Waals surface area contributed by atoms with E-state index in [9.17, 15) is 13.9 Å². The third kappa shape index (κ3) is 5.86. The maximum absolute atomic E-state index is 13.6. The van der Waals surface area contributed by atoms with Crippen LogP contribution in [0, 0.1) is 11.6 Å². The molecule has 28 heavy (non-hydrogen) atoms. The molecule has 0 saturated heterocycles. The fourth-order valence-electron chi connectivity index (χ4n) is 2.72. The van der Waals surface area contributed by atoms with E-state index in [2.05, 4.69) is 15.6 Å². The molecule has 0 fully saturated rings. The van der Waals surface area contributed by atoms with Gasteiger partial charge in [0.2, 0.25) is 0 Å². The summed E-state index contributed by atoms with van der Waals surface area (Å²) < 4.78 is 27.7. The normalized spacial score (nSPS) is 12.5. The van der Waals surface area contributed by atoms with Crippen LogP contribution in [-0.2, 0) is 6.42 Å². The first-order chi connectivity index (χ1) is 13.1. The van der Waals surface area contributed by atoms with Gasteiger partial charge in [-0.1, -0.05) is 24.3 Å². The van der Waals surface area contributed by atoms with Crippen LogP contribution in [0.15, 0.2) is 53.5 Å². The number of hydrogen-bond donors (Lipinski definition) is 3. The van der Waals surface area contributed by atoms with Crippen LogP contribution in [0.5, 0.6) is 0 Å². The van der Waals surface area contributed by atoms with E-state index in [-0.39, 0.29) is 24.0 Å². The molecule has 4 nitrogen and oxygen atoms in total. The summed E-state index contributed by atoms with van der Waals surface area (Å²) in [4.78, 5) is 4.98. The van der Waals surface area contributed by atoms with Gasteiger partial charge in [-0.2, -0.15) is 0 Å². The second-order valence-electron chi connectivity index (χ2n) is 6.07. The van der Waals surface area contributed by atoms with Crippen molar-refractivity contribution in [3.05, 3.63) is 70.6 Å². The number of rotatable bonds is 6. The number of thiophene rings is 1. The highest BCUT2D eigenvalue weighted by Crippen LogP contribution is 2.29. The number of guanidine groups is 1. The quantitative estimate of drug-likeness (QED) is 0.261. The Hall–Kier alpha value is -1.78. The molecule has 0 aliphatic carbocycles. The number of benzene rings is 2. The minimum absolute atomic E-state index is 0. The number of nitrogens with zero attached hydrogens (tertiary/aromatic N) is 1. The molecular formula is C20H22F2IN3OS. The van der Waals surface area contributed by atoms with Crippen LogP contribution >= 0.6 is 35.3 Å². The molecule has 0 aliphatic heterocycles. The number of halogens is 3. The van der Waals surface area contributed by atoms with Crippen molar-refractivity contribution in [1.82, 2.24) is 10.6 Å². The number of aliphatic imine (C=N–C) groups is 1. The Morgan fingerprint density at radius 3 is 2.64 bits per heavy atom. The number of hydrogen-bond acceptors (Lipinski definition) is 3. The van der Waals surface area contributed by atoms with Gasteiger partial charge in [0.1, 0.15) is 17.7 Å². The average molecular weight is 517 g/mol. The number of aliphatic hydroxyl groups is 1. The lowest BCUT2D eigenvalue weighted by Crippen LogP contribution is -2.40. The third-order valence-corrected chi connectivity index (χ3v) is 5.38. The molecule has 0 aliphatic rings. The van der Waals surface area contributed by atoms with Gasteiger partial charge >= 0.3 is 0 Å². The molecular weight excluding hydrogens is 495 g/mol. The van der Waals surface area contributed by atoms with E-state index in [0.29, 0.717) is 31.0 Å². The van der Waals surface area contributed by atoms with Crippen LogP contribution in [0.3, 0.4) is 0 Å². The Morgan fingerprint density at radius 1 is 1.14 bits per heavy atom. The van der Waals surface area contributed by atoms with E-state index < -0.39 is 17.7 Å². The molecule has 8 heteroatoms. The van der Waals surface area contributed by atoms with E-state index in [1.807, 2.05) is 30.3 Å². The average Bonchev–Trinajstić information content (AvgIpc) is 3.10. The Kier molecular flexibility index (Phi) is 8.58. The molecule has 0 spiro atoms. The summed E-state index contributed by atoms with van der Waals surface area (Å²) in [6.07, 6.45) is -0.262. The van der Waals surface area contributed by atoms with Gasteiger partial charge in [-0.25, -0.2) is 8.78 Å². The maximum atomic E-state index is 13.6. The van der Waals surface area contributed by atoms with Crippen LogP contribution in [-0.4, -0.2) is 31.2 Å². The Morgan fingerprint density at radius 2 is 1.93 bits per heavy atom. The van der Waals surface area contributed by atoms with Crippen molar-refractivity contribution in [2.24, 2.45) is 4.99 Å². The molecule has 0 saturated carbocycles. The maximum Gasteiger partial charge on any atom is 0.191 e. The zero-order chi connectivity index (χ0) is 19.2. The fourth-order valence-corrected chi connectivity index (χ4v) is 3.77. The van der Waals surface area contributed by atoms with Crippen LogP contribution in [0.2, 0.25) is 0 Å². The van der Waals surface area contributed by atoms with Crippen molar-refractivity contribution >= 4 is 51.4 Å². The van der Waals surface area contributed by atoms with Crippen molar-refractivity contribution in [3.63, 3.8) is 0 Å². The van der Waals surface area contributed by atoms with Crippen LogP contribution in [0.4, 0.5) is 8.78 Å². The molecule has 150 valence electrons. The topological polar surface area (TPSA) is 56.7 Å². The van der Waals surface area contributed by atoms with E-state index in [1.165, 1.54) is 12.1 Å². The number of nitrogens with one attached hydrogen (secondary N) is 2. The first-order valence-corrected chi connectivity index (χ1v) is 9.43. The van der Waals surface area contributed by atoms with Crippen molar-refractivity contribution in [1.29, 1.82) is 0 Å². The van der Waals surface area contributed by atoms with Crippen molar-refractivity contribution in [2.75, 3.05) is 20.1 Å².